The highest BCUT2D eigenvalue weighted by atomic mass is 32.2. The molecule has 3 aromatic heterocycles. The van der Waals surface area contributed by atoms with Gasteiger partial charge >= 0.3 is 13.4 Å². The number of nitrogens with zero attached hydrogens (tertiary/aromatic N) is 7. The van der Waals surface area contributed by atoms with Gasteiger partial charge in [-0.1, -0.05) is 10.3 Å². The van der Waals surface area contributed by atoms with Crippen molar-refractivity contribution < 1.29 is 48.7 Å². The van der Waals surface area contributed by atoms with Crippen LogP contribution in [0.5, 0.6) is 0 Å². The third kappa shape index (κ3) is 5.53. The zero-order valence-corrected chi connectivity index (χ0v) is 22.7. The molecule has 5 heterocycles. The summed E-state index contributed by atoms with van der Waals surface area (Å²) in [5.74, 6) is -3.16. The Bertz CT molecular complexity index is 1600. The highest BCUT2D eigenvalue weighted by Gasteiger charge is 2.53. The number of aromatic nitrogens is 5. The van der Waals surface area contributed by atoms with Gasteiger partial charge in [-0.2, -0.15) is 9.36 Å². The van der Waals surface area contributed by atoms with Crippen molar-refractivity contribution in [2.24, 2.45) is 5.16 Å². The molecule has 1 saturated heterocycles. The number of nitrogens with one attached hydrogen (secondary N) is 2. The number of thioether (sulfide) groups is 1. The zero-order chi connectivity index (χ0) is 27.9. The molecular weight excluding hydrogens is 593 g/mol. The number of amides is 2. The lowest BCUT2D eigenvalue weighted by Gasteiger charge is -2.50. The maximum Gasteiger partial charge on any atom is 0.429 e. The van der Waals surface area contributed by atoms with E-state index in [4.69, 9.17) is 9.79 Å². The average Bonchev–Trinajstić information content (AvgIpc) is 3.51. The number of aliphatic carboxylic acids is 1. The number of carbonyl (C=O) groups excluding carboxylic acids is 3. The SMILES string of the molecule is CO/N=C(\C(=O)N[C@@H]1C(=O)N2C(C(=O)[O-])=C(C[n+]3ccn4ncccc43)CS[C@H]12)c1nsc(NP(=O)(O)O)n1.O. The Labute approximate surface area is 232 Å². The summed E-state index contributed by atoms with van der Waals surface area (Å²) in [5, 5.41) is 23.2. The van der Waals surface area contributed by atoms with E-state index in [1.807, 2.05) is 11.2 Å². The molecule has 2 aliphatic heterocycles. The van der Waals surface area contributed by atoms with Crippen molar-refractivity contribution in [2.75, 3.05) is 17.9 Å². The quantitative estimate of drug-likeness (QED) is 0.0604. The van der Waals surface area contributed by atoms with Crippen LogP contribution in [0.2, 0.25) is 0 Å². The fourth-order valence-electron chi connectivity index (χ4n) is 4.04. The Kier molecular flexibility index (Phi) is 8.19. The Morgan fingerprint density at radius 1 is 1.40 bits per heavy atom. The molecule has 1 fully saturated rings. The van der Waals surface area contributed by atoms with E-state index in [9.17, 15) is 24.1 Å². The van der Waals surface area contributed by atoms with Crippen LogP contribution in [-0.4, -0.2) is 86.9 Å². The Balaban J connectivity index is 0.00000370. The fraction of sp³-hybridized carbons (Fsp3) is 0.263. The van der Waals surface area contributed by atoms with E-state index in [1.54, 1.807) is 33.7 Å². The lowest BCUT2D eigenvalue weighted by atomic mass is 10.0. The minimum atomic E-state index is -4.67. The zero-order valence-electron chi connectivity index (χ0n) is 20.2. The highest BCUT2D eigenvalue weighted by Crippen LogP contribution is 2.40. The van der Waals surface area contributed by atoms with E-state index >= 15 is 0 Å². The molecule has 212 valence electrons. The van der Waals surface area contributed by atoms with Crippen LogP contribution < -0.4 is 20.1 Å². The van der Waals surface area contributed by atoms with Crippen LogP contribution in [-0.2, 0) is 30.3 Å². The largest absolute Gasteiger partial charge is 0.543 e. The molecule has 0 unspecified atom stereocenters. The second-order valence-electron chi connectivity index (χ2n) is 8.05. The molecular formula is C19H20N9O9PS2. The fourth-order valence-corrected chi connectivity index (χ4v) is 6.63. The van der Waals surface area contributed by atoms with Gasteiger partial charge in [-0.15, -0.1) is 16.3 Å². The lowest BCUT2D eigenvalue weighted by Crippen LogP contribution is -2.71. The standard InChI is InChI=1S/C19H18N9O8PS2.H2O/c1-36-23-11(14-22-19(39-25-14)24-37(33,34)35)15(29)21-12-16(30)28-13(18(31)32)9(8-38-17(12)28)7-26-5-6-27-10(26)3-2-4-20-27;/h2-6,12,17H,7-8H2,1H3,(H4-,21,22,24,25,29,31,32,33,34,35);1H2/b23-11-;/t12-,17-;/m1./s1. The molecule has 2 atom stereocenters. The van der Waals surface area contributed by atoms with Crippen LogP contribution in [0.15, 0.2) is 47.1 Å². The first-order valence-corrected chi connectivity index (χ1v) is 14.3. The van der Waals surface area contributed by atoms with Gasteiger partial charge in [-0.05, 0) is 6.07 Å². The summed E-state index contributed by atoms with van der Waals surface area (Å²) in [4.78, 5) is 65.7. The number of fused-ring (bicyclic) bond motifs is 2. The minimum absolute atomic E-state index is 0. The number of imidazole rings is 1. The predicted octanol–water partition coefficient (Wildman–Crippen LogP) is -3.39. The maximum absolute atomic E-state index is 13.0. The van der Waals surface area contributed by atoms with Gasteiger partial charge in [0.25, 0.3) is 11.8 Å². The summed E-state index contributed by atoms with van der Waals surface area (Å²) < 4.78 is 18.4. The number of oxime groups is 1. The molecule has 3 aromatic rings. The van der Waals surface area contributed by atoms with Crippen molar-refractivity contribution in [2.45, 2.75) is 18.0 Å². The number of carbonyl (C=O) groups is 3. The second kappa shape index (κ2) is 11.3. The number of rotatable bonds is 9. The van der Waals surface area contributed by atoms with Gasteiger partial charge in [0, 0.05) is 28.9 Å². The number of hydrogen-bond donors (Lipinski definition) is 4. The molecule has 0 aliphatic carbocycles. The normalized spacial score (nSPS) is 19.0. The van der Waals surface area contributed by atoms with Crippen molar-refractivity contribution in [3.8, 4) is 0 Å². The summed E-state index contributed by atoms with van der Waals surface area (Å²) in [5.41, 5.74) is 0.455. The number of anilines is 1. The maximum atomic E-state index is 13.0. The van der Waals surface area contributed by atoms with Crippen molar-refractivity contribution >= 4 is 65.3 Å². The van der Waals surface area contributed by atoms with Gasteiger partial charge in [0.2, 0.25) is 16.7 Å². The molecule has 6 N–H and O–H groups in total. The smallest absolute Gasteiger partial charge is 0.429 e. The van der Waals surface area contributed by atoms with E-state index in [2.05, 4.69) is 29.8 Å². The second-order valence-corrected chi connectivity index (χ2v) is 11.2. The number of carboxylic acid groups (broad SMARTS) is 1. The molecule has 21 heteroatoms. The molecule has 40 heavy (non-hydrogen) atoms. The number of β-lactam (4-membered cyclic amide) rings is 1. The third-order valence-corrected chi connectivity index (χ3v) is 8.23. The summed E-state index contributed by atoms with van der Waals surface area (Å²) >= 11 is 1.83. The van der Waals surface area contributed by atoms with Crippen LogP contribution in [0.3, 0.4) is 0 Å². The Hall–Kier alpha value is -3.94. The molecule has 18 nitrogen and oxygen atoms in total. The van der Waals surface area contributed by atoms with E-state index < -0.39 is 42.7 Å². The van der Waals surface area contributed by atoms with Gasteiger partial charge in [0.05, 0.1) is 17.9 Å². The van der Waals surface area contributed by atoms with Crippen molar-refractivity contribution in [3.05, 3.63) is 47.8 Å². The molecule has 0 radical (unpaired) electrons. The van der Waals surface area contributed by atoms with E-state index in [0.29, 0.717) is 17.1 Å². The third-order valence-electron chi connectivity index (χ3n) is 5.60. The first-order valence-electron chi connectivity index (χ1n) is 10.9. The van der Waals surface area contributed by atoms with Crippen LogP contribution in [0.25, 0.3) is 5.65 Å². The van der Waals surface area contributed by atoms with E-state index in [1.165, 1.54) is 11.8 Å². The van der Waals surface area contributed by atoms with Gasteiger partial charge in [0.1, 0.15) is 31.3 Å². The number of hydrogen-bond acceptors (Lipinski definition) is 12. The van der Waals surface area contributed by atoms with Crippen LogP contribution in [0.4, 0.5) is 5.13 Å². The van der Waals surface area contributed by atoms with Crippen molar-refractivity contribution in [1.82, 2.24) is 29.2 Å². The first kappa shape index (κ1) is 29.1. The van der Waals surface area contributed by atoms with E-state index in [0.717, 1.165) is 17.7 Å². The molecule has 2 amide bonds. The molecule has 0 bridgehead atoms. The summed E-state index contributed by atoms with van der Waals surface area (Å²) in [6, 6.07) is 2.46. The summed E-state index contributed by atoms with van der Waals surface area (Å²) in [6.45, 7) is 0.178. The Morgan fingerprint density at radius 2 is 2.17 bits per heavy atom. The molecule has 0 aromatic carbocycles. The average molecular weight is 614 g/mol. The van der Waals surface area contributed by atoms with Crippen LogP contribution >= 0.6 is 31.0 Å². The monoisotopic (exact) mass is 613 g/mol. The molecule has 0 spiro atoms. The summed E-state index contributed by atoms with van der Waals surface area (Å²) in [6.07, 6.45) is 5.07. The van der Waals surface area contributed by atoms with Crippen molar-refractivity contribution in [3.63, 3.8) is 0 Å². The summed E-state index contributed by atoms with van der Waals surface area (Å²) in [7, 11) is -3.51. The van der Waals surface area contributed by atoms with Crippen LogP contribution in [0, 0.1) is 0 Å². The van der Waals surface area contributed by atoms with Gasteiger partial charge in [-0.3, -0.25) is 19.6 Å². The van der Waals surface area contributed by atoms with Gasteiger partial charge in [0.15, 0.2) is 6.20 Å². The van der Waals surface area contributed by atoms with Gasteiger partial charge in [-0.25, -0.2) is 9.13 Å². The van der Waals surface area contributed by atoms with Crippen LogP contribution in [0.1, 0.15) is 5.82 Å². The minimum Gasteiger partial charge on any atom is -0.543 e. The first-order chi connectivity index (χ1) is 18.6. The van der Waals surface area contributed by atoms with E-state index in [-0.39, 0.29) is 34.4 Å². The Morgan fingerprint density at radius 3 is 2.88 bits per heavy atom. The van der Waals surface area contributed by atoms with Crippen molar-refractivity contribution in [1.29, 1.82) is 0 Å². The lowest BCUT2D eigenvalue weighted by molar-refractivity contribution is -0.662. The highest BCUT2D eigenvalue weighted by molar-refractivity contribution is 8.00. The predicted molar refractivity (Wildman–Crippen MR) is 135 cm³/mol. The molecule has 2 aliphatic rings. The van der Waals surface area contributed by atoms with Gasteiger partial charge < -0.3 is 35.3 Å². The molecule has 0 saturated carbocycles. The molecule has 5 rings (SSSR count). The number of carboxylic acids is 1. The topological polar surface area (TPSA) is 259 Å².